The second-order valence-electron chi connectivity index (χ2n) is 7.52. The molecule has 0 aromatic heterocycles. The lowest BCUT2D eigenvalue weighted by atomic mass is 10.1. The quantitative estimate of drug-likeness (QED) is 0.601. The van der Waals surface area contributed by atoms with Crippen LogP contribution in [0, 0.1) is 11.3 Å². The van der Waals surface area contributed by atoms with Gasteiger partial charge in [-0.15, -0.1) is 0 Å². The van der Waals surface area contributed by atoms with Crippen LogP contribution >= 0.6 is 0 Å². The largest absolute Gasteiger partial charge is 0.450 e. The fourth-order valence-corrected chi connectivity index (χ4v) is 3.75. The van der Waals surface area contributed by atoms with Crippen molar-refractivity contribution in [3.63, 3.8) is 0 Å². The Balaban J connectivity index is 1.79. The number of anilines is 1. The van der Waals surface area contributed by atoms with E-state index in [0.717, 1.165) is 12.1 Å². The summed E-state index contributed by atoms with van der Waals surface area (Å²) in [5.74, 6) is -0.773. The number of piperazine rings is 1. The lowest BCUT2D eigenvalue weighted by molar-refractivity contribution is -0.215. The third-order valence-electron chi connectivity index (χ3n) is 5.37. The van der Waals surface area contributed by atoms with Crippen LogP contribution in [0.1, 0.15) is 18.1 Å². The van der Waals surface area contributed by atoms with Crippen LogP contribution < -0.4 is 4.90 Å². The summed E-state index contributed by atoms with van der Waals surface area (Å²) in [7, 11) is 0. The highest BCUT2D eigenvalue weighted by Crippen LogP contribution is 2.39. The van der Waals surface area contributed by atoms with Gasteiger partial charge in [0, 0.05) is 31.9 Å². The summed E-state index contributed by atoms with van der Waals surface area (Å²) < 4.78 is 90.7. The maximum absolute atomic E-state index is 13.6. The number of nitriles is 1. The Morgan fingerprint density at radius 1 is 1.12 bits per heavy atom. The van der Waals surface area contributed by atoms with Gasteiger partial charge < -0.3 is 24.2 Å². The molecule has 0 N–H and O–H groups in total. The first-order valence-corrected chi connectivity index (χ1v) is 10.2. The monoisotopic (exact) mass is 494 g/mol. The maximum atomic E-state index is 13.6. The molecule has 14 heteroatoms. The Labute approximate surface area is 190 Å². The van der Waals surface area contributed by atoms with Crippen LogP contribution in [0.15, 0.2) is 18.2 Å². The minimum Gasteiger partial charge on any atom is -0.450 e. The Kier molecular flexibility index (Phi) is 7.15. The zero-order valence-corrected chi connectivity index (χ0v) is 17.8. The molecule has 2 fully saturated rings. The van der Waals surface area contributed by atoms with Crippen molar-refractivity contribution in [2.24, 2.45) is 0 Å². The van der Waals surface area contributed by atoms with E-state index in [0.29, 0.717) is 11.0 Å². The standard InChI is InChI=1S/C20H20F6N4O4/c1-2-33-18(32)29-7-5-28(6-8-29)16(31)15-11-30(17(34-15)20(24,25)26)13-4-3-12(10-27)14(9-13)19(21,22)23/h3-4,9,15,17H,2,5-8,11H2,1H3. The molecule has 0 radical (unpaired) electrons. The van der Waals surface area contributed by atoms with Gasteiger partial charge in [0.15, 0.2) is 6.10 Å². The normalized spacial score (nSPS) is 21.4. The third kappa shape index (κ3) is 5.30. The average Bonchev–Trinajstić information content (AvgIpc) is 3.24. The van der Waals surface area contributed by atoms with Gasteiger partial charge in [-0.1, -0.05) is 0 Å². The molecular formula is C20H20F6N4O4. The molecular weight excluding hydrogens is 474 g/mol. The molecule has 2 amide bonds. The van der Waals surface area contributed by atoms with Crippen molar-refractivity contribution in [2.75, 3.05) is 44.2 Å². The molecule has 1 aromatic rings. The van der Waals surface area contributed by atoms with Crippen molar-refractivity contribution in [3.05, 3.63) is 29.3 Å². The Bertz CT molecular complexity index is 969. The number of carbonyl (C=O) groups excluding carboxylic acids is 2. The van der Waals surface area contributed by atoms with Gasteiger partial charge in [0.1, 0.15) is 0 Å². The number of amides is 2. The summed E-state index contributed by atoms with van der Waals surface area (Å²) in [6, 6.07) is 3.52. The summed E-state index contributed by atoms with van der Waals surface area (Å²) in [4.78, 5) is 27.7. The number of rotatable bonds is 3. The molecule has 2 saturated heterocycles. The smallest absolute Gasteiger partial charge is 0.433 e. The summed E-state index contributed by atoms with van der Waals surface area (Å²) in [5, 5.41) is 8.91. The van der Waals surface area contributed by atoms with Gasteiger partial charge >= 0.3 is 18.4 Å². The van der Waals surface area contributed by atoms with E-state index in [9.17, 15) is 35.9 Å². The molecule has 0 aliphatic carbocycles. The lowest BCUT2D eigenvalue weighted by Crippen LogP contribution is -2.53. The number of alkyl halides is 6. The Morgan fingerprint density at radius 2 is 1.74 bits per heavy atom. The number of halogens is 6. The summed E-state index contributed by atoms with van der Waals surface area (Å²) in [6.45, 7) is 1.41. The van der Waals surface area contributed by atoms with Crippen molar-refractivity contribution in [2.45, 2.75) is 31.6 Å². The van der Waals surface area contributed by atoms with Gasteiger partial charge in [-0.2, -0.15) is 31.6 Å². The first-order valence-electron chi connectivity index (χ1n) is 10.2. The molecule has 0 saturated carbocycles. The molecule has 0 bridgehead atoms. The summed E-state index contributed by atoms with van der Waals surface area (Å²) >= 11 is 0. The summed E-state index contributed by atoms with van der Waals surface area (Å²) in [5.41, 5.74) is -2.62. The number of ether oxygens (including phenoxy) is 2. The van der Waals surface area contributed by atoms with E-state index in [2.05, 4.69) is 0 Å². The molecule has 3 rings (SSSR count). The van der Waals surface area contributed by atoms with Crippen LogP contribution in [-0.4, -0.2) is 79.6 Å². The first-order chi connectivity index (χ1) is 15.9. The van der Waals surface area contributed by atoms with Crippen LogP contribution in [0.5, 0.6) is 0 Å². The number of nitrogens with zero attached hydrogens (tertiary/aromatic N) is 4. The SMILES string of the molecule is CCOC(=O)N1CCN(C(=O)C2CN(c3ccc(C#N)c(C(F)(F)F)c3)C(C(F)(F)F)O2)CC1. The molecule has 2 unspecified atom stereocenters. The number of carbonyl (C=O) groups is 2. The highest BCUT2D eigenvalue weighted by molar-refractivity contribution is 5.83. The molecule has 1 aromatic carbocycles. The van der Waals surface area contributed by atoms with Crippen LogP contribution in [-0.2, 0) is 20.4 Å². The van der Waals surface area contributed by atoms with Crippen LogP contribution in [0.2, 0.25) is 0 Å². The predicted molar refractivity (Wildman–Crippen MR) is 103 cm³/mol. The van der Waals surface area contributed by atoms with E-state index < -0.39 is 60.0 Å². The highest BCUT2D eigenvalue weighted by Gasteiger charge is 2.53. The Morgan fingerprint density at radius 3 is 2.26 bits per heavy atom. The van der Waals surface area contributed by atoms with Gasteiger partial charge in [0.25, 0.3) is 5.91 Å². The molecule has 2 aliphatic heterocycles. The number of hydrogen-bond acceptors (Lipinski definition) is 6. The second kappa shape index (κ2) is 9.57. The number of hydrogen-bond donors (Lipinski definition) is 0. The fourth-order valence-electron chi connectivity index (χ4n) is 3.75. The highest BCUT2D eigenvalue weighted by atomic mass is 19.4. The van der Waals surface area contributed by atoms with Gasteiger partial charge in [-0.25, -0.2) is 4.79 Å². The fraction of sp³-hybridized carbons (Fsp3) is 0.550. The zero-order valence-electron chi connectivity index (χ0n) is 17.8. The van der Waals surface area contributed by atoms with Crippen LogP contribution in [0.3, 0.4) is 0 Å². The maximum Gasteiger partial charge on any atom is 0.433 e. The molecule has 8 nitrogen and oxygen atoms in total. The van der Waals surface area contributed by atoms with E-state index in [1.165, 1.54) is 15.9 Å². The van der Waals surface area contributed by atoms with E-state index in [1.54, 1.807) is 6.92 Å². The van der Waals surface area contributed by atoms with Crippen molar-refractivity contribution in [1.82, 2.24) is 9.80 Å². The molecule has 0 spiro atoms. The van der Waals surface area contributed by atoms with Gasteiger partial charge in [0.2, 0.25) is 6.23 Å². The van der Waals surface area contributed by atoms with Gasteiger partial charge in [0.05, 0.1) is 30.3 Å². The molecule has 2 aliphatic rings. The molecule has 34 heavy (non-hydrogen) atoms. The first kappa shape index (κ1) is 25.4. The molecule has 2 atom stereocenters. The number of benzene rings is 1. The minimum absolute atomic E-state index is 0.0310. The Hall–Kier alpha value is -3.21. The van der Waals surface area contributed by atoms with Gasteiger partial charge in [-0.3, -0.25) is 4.79 Å². The molecule has 186 valence electrons. The van der Waals surface area contributed by atoms with Crippen LogP contribution in [0.25, 0.3) is 0 Å². The van der Waals surface area contributed by atoms with Crippen molar-refractivity contribution < 1.29 is 45.4 Å². The molecule has 2 heterocycles. The topological polar surface area (TPSA) is 86.1 Å². The minimum atomic E-state index is -5.01. The summed E-state index contributed by atoms with van der Waals surface area (Å²) in [6.07, 6.45) is -14.8. The van der Waals surface area contributed by atoms with Gasteiger partial charge in [-0.05, 0) is 25.1 Å². The van der Waals surface area contributed by atoms with E-state index >= 15 is 0 Å². The van der Waals surface area contributed by atoms with E-state index in [4.69, 9.17) is 14.7 Å². The third-order valence-corrected chi connectivity index (χ3v) is 5.37. The second-order valence-corrected chi connectivity index (χ2v) is 7.52. The zero-order chi connectivity index (χ0) is 25.3. The average molecular weight is 494 g/mol. The van der Waals surface area contributed by atoms with Crippen molar-refractivity contribution >= 4 is 17.7 Å². The van der Waals surface area contributed by atoms with E-state index in [-0.39, 0.29) is 32.8 Å². The van der Waals surface area contributed by atoms with Crippen LogP contribution in [0.4, 0.5) is 36.8 Å². The van der Waals surface area contributed by atoms with Crippen molar-refractivity contribution in [1.29, 1.82) is 5.26 Å². The predicted octanol–water partition coefficient (Wildman–Crippen LogP) is 2.97. The lowest BCUT2D eigenvalue weighted by Gasteiger charge is -2.35. The van der Waals surface area contributed by atoms with E-state index in [1.807, 2.05) is 0 Å². The van der Waals surface area contributed by atoms with Crippen molar-refractivity contribution in [3.8, 4) is 6.07 Å².